The Hall–Kier alpha value is -1.66. The van der Waals surface area contributed by atoms with Gasteiger partial charge in [-0.15, -0.1) is 0 Å². The van der Waals surface area contributed by atoms with E-state index in [0.29, 0.717) is 15.1 Å². The van der Waals surface area contributed by atoms with Gasteiger partial charge >= 0.3 is 5.97 Å². The predicted octanol–water partition coefficient (Wildman–Crippen LogP) is 3.46. The SMILES string of the molecule is COc1ccccc1CS(=O)c1ccc(Br)c(C(=O)O)c1. The number of benzene rings is 2. The lowest BCUT2D eigenvalue weighted by Gasteiger charge is -2.09. The second-order valence-corrected chi connectivity index (χ2v) is 6.55. The molecule has 1 unspecified atom stereocenters. The highest BCUT2D eigenvalue weighted by atomic mass is 79.9. The maximum atomic E-state index is 12.4. The van der Waals surface area contributed by atoms with E-state index in [4.69, 9.17) is 9.84 Å². The van der Waals surface area contributed by atoms with Crippen LogP contribution in [0.4, 0.5) is 0 Å². The number of carboxylic acid groups (broad SMARTS) is 1. The minimum Gasteiger partial charge on any atom is -0.496 e. The molecule has 110 valence electrons. The Morgan fingerprint density at radius 1 is 1.29 bits per heavy atom. The van der Waals surface area contributed by atoms with Crippen LogP contribution in [-0.2, 0) is 16.6 Å². The van der Waals surface area contributed by atoms with Gasteiger partial charge < -0.3 is 9.84 Å². The number of para-hydroxylation sites is 1. The van der Waals surface area contributed by atoms with Gasteiger partial charge in [0.05, 0.1) is 29.2 Å². The molecule has 0 heterocycles. The molecule has 21 heavy (non-hydrogen) atoms. The number of carbonyl (C=O) groups is 1. The first-order chi connectivity index (χ1) is 10.0. The Morgan fingerprint density at radius 3 is 2.67 bits per heavy atom. The van der Waals surface area contributed by atoms with Crippen LogP contribution in [0.25, 0.3) is 0 Å². The van der Waals surface area contributed by atoms with Gasteiger partial charge in [-0.1, -0.05) is 18.2 Å². The molecule has 0 bridgehead atoms. The molecule has 6 heteroatoms. The average molecular weight is 369 g/mol. The highest BCUT2D eigenvalue weighted by Gasteiger charge is 2.14. The highest BCUT2D eigenvalue weighted by Crippen LogP contribution is 2.24. The normalized spacial score (nSPS) is 11.9. The molecule has 0 aliphatic heterocycles. The van der Waals surface area contributed by atoms with Crippen LogP contribution in [0, 0.1) is 0 Å². The number of hydrogen-bond acceptors (Lipinski definition) is 3. The molecule has 0 aromatic heterocycles. The van der Waals surface area contributed by atoms with Crippen LogP contribution in [0.1, 0.15) is 15.9 Å². The number of rotatable bonds is 5. The van der Waals surface area contributed by atoms with Gasteiger partial charge in [-0.25, -0.2) is 4.79 Å². The fraction of sp³-hybridized carbons (Fsp3) is 0.133. The number of carboxylic acids is 1. The zero-order valence-electron chi connectivity index (χ0n) is 11.2. The van der Waals surface area contributed by atoms with Crippen LogP contribution < -0.4 is 4.74 Å². The Labute approximate surface area is 133 Å². The number of aromatic carboxylic acids is 1. The van der Waals surface area contributed by atoms with E-state index in [9.17, 15) is 9.00 Å². The summed E-state index contributed by atoms with van der Waals surface area (Å²) in [5.74, 6) is -0.121. The number of ether oxygens (including phenoxy) is 1. The maximum Gasteiger partial charge on any atom is 0.336 e. The van der Waals surface area contributed by atoms with Gasteiger partial charge in [-0.2, -0.15) is 0 Å². The van der Waals surface area contributed by atoms with Crippen LogP contribution in [0.5, 0.6) is 5.75 Å². The van der Waals surface area contributed by atoms with Crippen LogP contribution >= 0.6 is 15.9 Å². The fourth-order valence-electron chi connectivity index (χ4n) is 1.86. The molecular formula is C15H13BrO4S. The topological polar surface area (TPSA) is 63.6 Å². The molecule has 2 rings (SSSR count). The lowest BCUT2D eigenvalue weighted by molar-refractivity contribution is 0.0695. The lowest BCUT2D eigenvalue weighted by Crippen LogP contribution is -2.03. The van der Waals surface area contributed by atoms with Crippen molar-refractivity contribution < 1.29 is 18.8 Å². The molecule has 1 N–H and O–H groups in total. The summed E-state index contributed by atoms with van der Waals surface area (Å²) in [5, 5.41) is 9.09. The molecule has 2 aromatic rings. The van der Waals surface area contributed by atoms with E-state index in [2.05, 4.69) is 15.9 Å². The second kappa shape index (κ2) is 6.87. The third kappa shape index (κ3) is 3.71. The molecule has 0 spiro atoms. The van der Waals surface area contributed by atoms with Gasteiger partial charge in [-0.3, -0.25) is 4.21 Å². The Morgan fingerprint density at radius 2 is 2.00 bits per heavy atom. The van der Waals surface area contributed by atoms with Crippen molar-refractivity contribution in [2.24, 2.45) is 0 Å². The van der Waals surface area contributed by atoms with E-state index in [1.165, 1.54) is 6.07 Å². The third-order valence-electron chi connectivity index (χ3n) is 2.91. The molecule has 0 aliphatic carbocycles. The first-order valence-electron chi connectivity index (χ1n) is 6.06. The minimum absolute atomic E-state index is 0.0980. The zero-order chi connectivity index (χ0) is 15.4. The summed E-state index contributed by atoms with van der Waals surface area (Å²) in [6.45, 7) is 0. The Balaban J connectivity index is 2.29. The minimum atomic E-state index is -1.35. The molecule has 1 atom stereocenters. The monoisotopic (exact) mass is 368 g/mol. The van der Waals surface area contributed by atoms with Gasteiger partial charge in [-0.05, 0) is 40.2 Å². The maximum absolute atomic E-state index is 12.4. The van der Waals surface area contributed by atoms with E-state index in [-0.39, 0.29) is 11.3 Å². The van der Waals surface area contributed by atoms with Crippen molar-refractivity contribution >= 4 is 32.7 Å². The van der Waals surface area contributed by atoms with E-state index < -0.39 is 16.8 Å². The number of halogens is 1. The van der Waals surface area contributed by atoms with Crippen LogP contribution in [-0.4, -0.2) is 22.4 Å². The van der Waals surface area contributed by atoms with Crippen molar-refractivity contribution in [3.05, 3.63) is 58.1 Å². The van der Waals surface area contributed by atoms with Crippen LogP contribution in [0.3, 0.4) is 0 Å². The summed E-state index contributed by atoms with van der Waals surface area (Å²) in [5.41, 5.74) is 0.916. The largest absolute Gasteiger partial charge is 0.496 e. The van der Waals surface area contributed by atoms with Gasteiger partial charge in [0, 0.05) is 14.9 Å². The first kappa shape index (κ1) is 15.7. The molecule has 0 saturated heterocycles. The standard InChI is InChI=1S/C15H13BrO4S/c1-20-14-5-3-2-4-10(14)9-21(19)11-6-7-13(16)12(8-11)15(17)18/h2-8H,9H2,1H3,(H,17,18). The van der Waals surface area contributed by atoms with Crippen LogP contribution in [0.2, 0.25) is 0 Å². The zero-order valence-corrected chi connectivity index (χ0v) is 13.6. The summed E-state index contributed by atoms with van der Waals surface area (Å²) in [4.78, 5) is 11.6. The van der Waals surface area contributed by atoms with Gasteiger partial charge in [0.1, 0.15) is 5.75 Å². The van der Waals surface area contributed by atoms with Crippen molar-refractivity contribution in [2.45, 2.75) is 10.6 Å². The molecule has 0 amide bonds. The smallest absolute Gasteiger partial charge is 0.336 e. The quantitative estimate of drug-likeness (QED) is 0.877. The predicted molar refractivity (Wildman–Crippen MR) is 84.2 cm³/mol. The van der Waals surface area contributed by atoms with Crippen molar-refractivity contribution in [3.8, 4) is 5.75 Å². The van der Waals surface area contributed by atoms with Gasteiger partial charge in [0.15, 0.2) is 0 Å². The number of methoxy groups -OCH3 is 1. The molecule has 4 nitrogen and oxygen atoms in total. The molecule has 0 fully saturated rings. The number of hydrogen-bond donors (Lipinski definition) is 1. The summed E-state index contributed by atoms with van der Waals surface area (Å²) in [7, 11) is 0.214. The molecule has 0 radical (unpaired) electrons. The average Bonchev–Trinajstić information content (AvgIpc) is 2.47. The second-order valence-electron chi connectivity index (χ2n) is 4.25. The summed E-state index contributed by atoms with van der Waals surface area (Å²) < 4.78 is 18.1. The molecule has 0 aliphatic rings. The van der Waals surface area contributed by atoms with Crippen molar-refractivity contribution in [1.82, 2.24) is 0 Å². The summed E-state index contributed by atoms with van der Waals surface area (Å²) in [6, 6.07) is 12.0. The van der Waals surface area contributed by atoms with E-state index in [0.717, 1.165) is 5.56 Å². The van der Waals surface area contributed by atoms with Gasteiger partial charge in [0.2, 0.25) is 0 Å². The third-order valence-corrected chi connectivity index (χ3v) is 4.95. The molecule has 0 saturated carbocycles. The lowest BCUT2D eigenvalue weighted by atomic mass is 10.2. The Kier molecular flexibility index (Phi) is 5.14. The van der Waals surface area contributed by atoms with Crippen molar-refractivity contribution in [1.29, 1.82) is 0 Å². The van der Waals surface area contributed by atoms with E-state index >= 15 is 0 Å². The molecular weight excluding hydrogens is 356 g/mol. The first-order valence-corrected chi connectivity index (χ1v) is 8.17. The van der Waals surface area contributed by atoms with E-state index in [1.807, 2.05) is 18.2 Å². The van der Waals surface area contributed by atoms with Gasteiger partial charge in [0.25, 0.3) is 0 Å². The van der Waals surface area contributed by atoms with Crippen molar-refractivity contribution in [3.63, 3.8) is 0 Å². The summed E-state index contributed by atoms with van der Waals surface area (Å²) in [6.07, 6.45) is 0. The van der Waals surface area contributed by atoms with Crippen molar-refractivity contribution in [2.75, 3.05) is 7.11 Å². The highest BCUT2D eigenvalue weighted by molar-refractivity contribution is 9.10. The summed E-state index contributed by atoms with van der Waals surface area (Å²) >= 11 is 3.17. The van der Waals surface area contributed by atoms with Crippen LogP contribution in [0.15, 0.2) is 51.8 Å². The molecule has 2 aromatic carbocycles. The Bertz CT molecular complexity index is 700. The fourth-order valence-corrected chi connectivity index (χ4v) is 3.43. The van der Waals surface area contributed by atoms with E-state index in [1.54, 1.807) is 25.3 Å².